The molecule has 1 aliphatic rings. The Bertz CT molecular complexity index is 195. The molecule has 0 saturated carbocycles. The molecule has 1 fully saturated rings. The summed E-state index contributed by atoms with van der Waals surface area (Å²) in [7, 11) is 1.43. The number of rotatable bonds is 2. The van der Waals surface area contributed by atoms with Crippen LogP contribution in [0.3, 0.4) is 0 Å². The van der Waals surface area contributed by atoms with E-state index >= 15 is 0 Å². The van der Waals surface area contributed by atoms with E-state index < -0.39 is 0 Å². The number of likely N-dealkylation sites (tertiary alicyclic amines) is 1. The molecule has 76 valence electrons. The molecule has 0 aliphatic carbocycles. The van der Waals surface area contributed by atoms with Gasteiger partial charge in [0.15, 0.2) is 0 Å². The molecule has 0 atom stereocenters. The lowest BCUT2D eigenvalue weighted by molar-refractivity contribution is -0.0300. The fourth-order valence-electron chi connectivity index (χ4n) is 1.97. The first-order valence-electron chi connectivity index (χ1n) is 4.88. The molecule has 0 radical (unpaired) electrons. The maximum Gasteiger partial charge on any atom is 0.409 e. The van der Waals surface area contributed by atoms with Crippen molar-refractivity contribution >= 4 is 6.09 Å². The summed E-state index contributed by atoms with van der Waals surface area (Å²) >= 11 is 0. The van der Waals surface area contributed by atoms with Gasteiger partial charge in [0.05, 0.1) is 7.11 Å². The number of carbonyl (C=O) groups excluding carboxylic acids is 1. The molecule has 0 N–H and O–H groups in total. The number of nitrogens with zero attached hydrogens (tertiary/aromatic N) is 1. The molecule has 1 rings (SSSR count). The van der Waals surface area contributed by atoms with Gasteiger partial charge in [-0.2, -0.15) is 0 Å². The zero-order valence-electron chi connectivity index (χ0n) is 8.96. The molecule has 0 aromatic carbocycles. The normalized spacial score (nSPS) is 19.9. The third-order valence-electron chi connectivity index (χ3n) is 3.37. The van der Waals surface area contributed by atoms with Crippen LogP contribution in [0.4, 0.5) is 4.79 Å². The highest BCUT2D eigenvalue weighted by Gasteiger charge is 2.46. The Labute approximate surface area is 80.1 Å². The quantitative estimate of drug-likeness (QED) is 0.659. The minimum Gasteiger partial charge on any atom is -0.453 e. The number of hydrogen-bond donors (Lipinski definition) is 0. The molecule has 1 amide bonds. The van der Waals surface area contributed by atoms with Gasteiger partial charge < -0.3 is 9.64 Å². The van der Waals surface area contributed by atoms with Crippen molar-refractivity contribution in [3.05, 3.63) is 0 Å². The molecule has 0 bridgehead atoms. The standard InChI is InChI=1S/C10H19NO2/c1-5-10(8(2)3)6-11(7-10)9(12)13-4/h8H,5-7H2,1-4H3. The van der Waals surface area contributed by atoms with Gasteiger partial charge in [0.1, 0.15) is 0 Å². The molecule has 3 nitrogen and oxygen atoms in total. The summed E-state index contributed by atoms with van der Waals surface area (Å²) in [6.45, 7) is 8.34. The van der Waals surface area contributed by atoms with E-state index in [9.17, 15) is 4.79 Å². The number of amides is 1. The van der Waals surface area contributed by atoms with Gasteiger partial charge in [-0.15, -0.1) is 0 Å². The van der Waals surface area contributed by atoms with E-state index in [-0.39, 0.29) is 6.09 Å². The first kappa shape index (κ1) is 10.4. The van der Waals surface area contributed by atoms with Crippen molar-refractivity contribution in [1.29, 1.82) is 0 Å². The van der Waals surface area contributed by atoms with E-state index in [1.165, 1.54) is 7.11 Å². The zero-order valence-corrected chi connectivity index (χ0v) is 8.96. The highest BCUT2D eigenvalue weighted by Crippen LogP contribution is 2.40. The third-order valence-corrected chi connectivity index (χ3v) is 3.37. The van der Waals surface area contributed by atoms with Crippen LogP contribution in [0.5, 0.6) is 0 Å². The van der Waals surface area contributed by atoms with Crippen molar-refractivity contribution < 1.29 is 9.53 Å². The molecule has 0 aromatic rings. The van der Waals surface area contributed by atoms with Crippen LogP contribution < -0.4 is 0 Å². The maximum absolute atomic E-state index is 11.1. The van der Waals surface area contributed by atoms with E-state index in [0.29, 0.717) is 11.3 Å². The van der Waals surface area contributed by atoms with Gasteiger partial charge in [-0.25, -0.2) is 4.79 Å². The minimum absolute atomic E-state index is 0.190. The lowest BCUT2D eigenvalue weighted by Crippen LogP contribution is -2.60. The van der Waals surface area contributed by atoms with E-state index in [1.54, 1.807) is 4.90 Å². The summed E-state index contributed by atoms with van der Waals surface area (Å²) in [6, 6.07) is 0. The molecule has 1 heterocycles. The SMILES string of the molecule is CCC1(C(C)C)CN(C(=O)OC)C1. The van der Waals surface area contributed by atoms with Crippen LogP contribution >= 0.6 is 0 Å². The maximum atomic E-state index is 11.1. The number of ether oxygens (including phenoxy) is 1. The topological polar surface area (TPSA) is 29.5 Å². The summed E-state index contributed by atoms with van der Waals surface area (Å²) in [5, 5.41) is 0. The third kappa shape index (κ3) is 1.64. The second-order valence-electron chi connectivity index (χ2n) is 4.20. The molecule has 13 heavy (non-hydrogen) atoms. The van der Waals surface area contributed by atoms with E-state index in [1.807, 2.05) is 0 Å². The number of hydrogen-bond acceptors (Lipinski definition) is 2. The van der Waals surface area contributed by atoms with Crippen LogP contribution in [0.1, 0.15) is 27.2 Å². The van der Waals surface area contributed by atoms with Gasteiger partial charge in [-0.1, -0.05) is 20.8 Å². The van der Waals surface area contributed by atoms with Gasteiger partial charge >= 0.3 is 6.09 Å². The predicted molar refractivity (Wildman–Crippen MR) is 51.5 cm³/mol. The second kappa shape index (κ2) is 3.56. The van der Waals surface area contributed by atoms with E-state index in [2.05, 4.69) is 25.5 Å². The van der Waals surface area contributed by atoms with Crippen molar-refractivity contribution in [1.82, 2.24) is 4.90 Å². The number of methoxy groups -OCH3 is 1. The minimum atomic E-state index is -0.190. The molecular formula is C10H19NO2. The Balaban J connectivity index is 2.49. The Morgan fingerprint density at radius 2 is 2.08 bits per heavy atom. The van der Waals surface area contributed by atoms with Gasteiger partial charge in [0.2, 0.25) is 0 Å². The Hall–Kier alpha value is -0.730. The van der Waals surface area contributed by atoms with Crippen molar-refractivity contribution in [3.8, 4) is 0 Å². The van der Waals surface area contributed by atoms with Crippen LogP contribution in [0.25, 0.3) is 0 Å². The average Bonchev–Trinajstić information content (AvgIpc) is 2.02. The van der Waals surface area contributed by atoms with Crippen LogP contribution in [0.15, 0.2) is 0 Å². The van der Waals surface area contributed by atoms with E-state index in [0.717, 1.165) is 19.5 Å². The molecular weight excluding hydrogens is 166 g/mol. The molecule has 1 saturated heterocycles. The summed E-state index contributed by atoms with van der Waals surface area (Å²) in [4.78, 5) is 12.9. The predicted octanol–water partition coefficient (Wildman–Crippen LogP) is 2.12. The average molecular weight is 185 g/mol. The van der Waals surface area contributed by atoms with Crippen molar-refractivity contribution in [2.75, 3.05) is 20.2 Å². The smallest absolute Gasteiger partial charge is 0.409 e. The first-order chi connectivity index (χ1) is 6.05. The molecule has 3 heteroatoms. The fraction of sp³-hybridized carbons (Fsp3) is 0.900. The van der Waals surface area contributed by atoms with Gasteiger partial charge in [-0.05, 0) is 12.3 Å². The van der Waals surface area contributed by atoms with Gasteiger partial charge in [0, 0.05) is 18.5 Å². The second-order valence-corrected chi connectivity index (χ2v) is 4.20. The first-order valence-corrected chi connectivity index (χ1v) is 4.88. The van der Waals surface area contributed by atoms with Gasteiger partial charge in [-0.3, -0.25) is 0 Å². The summed E-state index contributed by atoms with van der Waals surface area (Å²) in [5.74, 6) is 0.637. The van der Waals surface area contributed by atoms with Crippen molar-refractivity contribution in [3.63, 3.8) is 0 Å². The Morgan fingerprint density at radius 1 is 1.54 bits per heavy atom. The molecule has 0 unspecified atom stereocenters. The Kier molecular flexibility index (Phi) is 2.84. The molecule has 0 aromatic heterocycles. The van der Waals surface area contributed by atoms with E-state index in [4.69, 9.17) is 0 Å². The summed E-state index contributed by atoms with van der Waals surface area (Å²) in [5.41, 5.74) is 0.341. The zero-order chi connectivity index (χ0) is 10.1. The lowest BCUT2D eigenvalue weighted by Gasteiger charge is -2.51. The van der Waals surface area contributed by atoms with Crippen molar-refractivity contribution in [2.45, 2.75) is 27.2 Å². The molecule has 1 aliphatic heterocycles. The van der Waals surface area contributed by atoms with Crippen LogP contribution in [-0.4, -0.2) is 31.2 Å². The van der Waals surface area contributed by atoms with Crippen LogP contribution in [0.2, 0.25) is 0 Å². The summed E-state index contributed by atoms with van der Waals surface area (Å²) < 4.78 is 4.66. The van der Waals surface area contributed by atoms with Crippen molar-refractivity contribution in [2.24, 2.45) is 11.3 Å². The monoisotopic (exact) mass is 185 g/mol. The Morgan fingerprint density at radius 3 is 2.38 bits per heavy atom. The molecule has 0 spiro atoms. The highest BCUT2D eigenvalue weighted by molar-refractivity contribution is 5.68. The largest absolute Gasteiger partial charge is 0.453 e. The number of carbonyl (C=O) groups is 1. The highest BCUT2D eigenvalue weighted by atomic mass is 16.5. The van der Waals surface area contributed by atoms with Gasteiger partial charge in [0.25, 0.3) is 0 Å². The lowest BCUT2D eigenvalue weighted by atomic mass is 9.69. The fourth-order valence-corrected chi connectivity index (χ4v) is 1.97. The van der Waals surface area contributed by atoms with Crippen LogP contribution in [0, 0.1) is 11.3 Å². The van der Waals surface area contributed by atoms with Crippen LogP contribution in [-0.2, 0) is 4.74 Å². The summed E-state index contributed by atoms with van der Waals surface area (Å²) in [6.07, 6.45) is 0.947.